The van der Waals surface area contributed by atoms with E-state index in [0.717, 1.165) is 18.0 Å². The molecule has 0 amide bonds. The molecule has 2 rings (SSSR count). The van der Waals surface area contributed by atoms with Crippen LogP contribution in [0.25, 0.3) is 0 Å². The molecule has 1 aliphatic carbocycles. The number of thiocarbonyl (C=S) groups is 1. The molecule has 92 valence electrons. The number of hydrogen-bond donors (Lipinski definition) is 1. The van der Waals surface area contributed by atoms with E-state index in [4.69, 9.17) is 18.0 Å². The molecule has 0 bridgehead atoms. The first-order valence-electron chi connectivity index (χ1n) is 6.17. The van der Waals surface area contributed by atoms with Gasteiger partial charge in [-0.1, -0.05) is 36.5 Å². The topological polar surface area (TPSA) is 29.3 Å². The number of nitrogens with two attached hydrogens (primary N) is 1. The Balaban J connectivity index is 2.09. The van der Waals surface area contributed by atoms with Gasteiger partial charge < -0.3 is 5.73 Å². The van der Waals surface area contributed by atoms with Crippen molar-refractivity contribution in [3.8, 4) is 0 Å². The lowest BCUT2D eigenvalue weighted by molar-refractivity contribution is 0.226. The van der Waals surface area contributed by atoms with Gasteiger partial charge in [-0.05, 0) is 38.3 Å². The van der Waals surface area contributed by atoms with E-state index in [1.807, 2.05) is 18.2 Å². The molecule has 1 aromatic carbocycles. The van der Waals surface area contributed by atoms with Crippen LogP contribution in [0.2, 0.25) is 0 Å². The van der Waals surface area contributed by atoms with Crippen LogP contribution < -0.4 is 5.73 Å². The Morgan fingerprint density at radius 3 is 2.71 bits per heavy atom. The summed E-state index contributed by atoms with van der Waals surface area (Å²) < 4.78 is 0. The first kappa shape index (κ1) is 12.5. The molecule has 1 aromatic rings. The van der Waals surface area contributed by atoms with Crippen molar-refractivity contribution < 1.29 is 0 Å². The molecule has 1 fully saturated rings. The fourth-order valence-corrected chi connectivity index (χ4v) is 2.45. The van der Waals surface area contributed by atoms with Crippen LogP contribution in [0.15, 0.2) is 24.3 Å². The molecular formula is C14H20N2S. The molecule has 1 unspecified atom stereocenters. The maximum Gasteiger partial charge on any atom is 0.104 e. The zero-order valence-corrected chi connectivity index (χ0v) is 11.3. The Bertz CT molecular complexity index is 412. The van der Waals surface area contributed by atoms with Gasteiger partial charge in [0.25, 0.3) is 0 Å². The van der Waals surface area contributed by atoms with Gasteiger partial charge in [-0.2, -0.15) is 0 Å². The Hall–Kier alpha value is -0.930. The average molecular weight is 248 g/mol. The van der Waals surface area contributed by atoms with Gasteiger partial charge in [-0.15, -0.1) is 0 Å². The van der Waals surface area contributed by atoms with Crippen molar-refractivity contribution in [2.45, 2.75) is 32.4 Å². The monoisotopic (exact) mass is 248 g/mol. The maximum atomic E-state index is 5.75. The summed E-state index contributed by atoms with van der Waals surface area (Å²) in [4.78, 5) is 2.89. The SMILES string of the molecule is CC(C1CC1)N(C)Cc1ccccc1C(N)=S. The van der Waals surface area contributed by atoms with E-state index in [0.29, 0.717) is 11.0 Å². The van der Waals surface area contributed by atoms with Crippen molar-refractivity contribution >= 4 is 17.2 Å². The predicted octanol–water partition coefficient (Wildman–Crippen LogP) is 2.55. The second-order valence-corrected chi connectivity index (χ2v) is 5.45. The third-order valence-electron chi connectivity index (χ3n) is 3.70. The lowest BCUT2D eigenvalue weighted by atomic mass is 10.1. The van der Waals surface area contributed by atoms with Gasteiger partial charge in [-0.25, -0.2) is 0 Å². The van der Waals surface area contributed by atoms with E-state index in [-0.39, 0.29) is 0 Å². The Morgan fingerprint density at radius 1 is 1.47 bits per heavy atom. The largest absolute Gasteiger partial charge is 0.389 e. The highest BCUT2D eigenvalue weighted by Crippen LogP contribution is 2.35. The van der Waals surface area contributed by atoms with Crippen molar-refractivity contribution in [1.82, 2.24) is 4.90 Å². The molecule has 0 spiro atoms. The molecule has 2 nitrogen and oxygen atoms in total. The first-order valence-corrected chi connectivity index (χ1v) is 6.58. The second-order valence-electron chi connectivity index (χ2n) is 5.01. The van der Waals surface area contributed by atoms with Crippen LogP contribution in [-0.4, -0.2) is 23.0 Å². The first-order chi connectivity index (χ1) is 8.09. The summed E-state index contributed by atoms with van der Waals surface area (Å²) in [5.74, 6) is 0.886. The highest BCUT2D eigenvalue weighted by atomic mass is 32.1. The molecule has 0 radical (unpaired) electrons. The quantitative estimate of drug-likeness (QED) is 0.812. The Kier molecular flexibility index (Phi) is 3.79. The minimum atomic E-state index is 0.494. The standard InChI is InChI=1S/C14H20N2S/c1-10(11-7-8-11)16(2)9-12-5-3-4-6-13(12)14(15)17/h3-6,10-11H,7-9H2,1-2H3,(H2,15,17). The van der Waals surface area contributed by atoms with E-state index in [1.54, 1.807) is 0 Å². The van der Waals surface area contributed by atoms with E-state index in [1.165, 1.54) is 18.4 Å². The van der Waals surface area contributed by atoms with Crippen LogP contribution in [0.1, 0.15) is 30.9 Å². The fourth-order valence-electron chi connectivity index (χ4n) is 2.25. The van der Waals surface area contributed by atoms with Crippen LogP contribution in [0.4, 0.5) is 0 Å². The Labute approximate surface area is 109 Å². The molecule has 0 saturated heterocycles. The second kappa shape index (κ2) is 5.15. The molecule has 1 saturated carbocycles. The van der Waals surface area contributed by atoms with Crippen LogP contribution in [-0.2, 0) is 6.54 Å². The van der Waals surface area contributed by atoms with Gasteiger partial charge in [0.1, 0.15) is 4.99 Å². The van der Waals surface area contributed by atoms with Crippen molar-refractivity contribution in [2.75, 3.05) is 7.05 Å². The third-order valence-corrected chi connectivity index (χ3v) is 3.92. The normalized spacial score (nSPS) is 17.1. The summed E-state index contributed by atoms with van der Waals surface area (Å²) in [6, 6.07) is 8.81. The number of hydrogen-bond acceptors (Lipinski definition) is 2. The zero-order valence-electron chi connectivity index (χ0n) is 10.5. The molecule has 1 aliphatic rings. The minimum absolute atomic E-state index is 0.494. The molecule has 0 aliphatic heterocycles. The maximum absolute atomic E-state index is 5.75. The lowest BCUT2D eigenvalue weighted by Gasteiger charge is -2.25. The van der Waals surface area contributed by atoms with Crippen LogP contribution >= 0.6 is 12.2 Å². The molecule has 1 atom stereocenters. The van der Waals surface area contributed by atoms with Gasteiger partial charge in [0.15, 0.2) is 0 Å². The highest BCUT2D eigenvalue weighted by molar-refractivity contribution is 7.80. The van der Waals surface area contributed by atoms with Crippen molar-refractivity contribution in [3.63, 3.8) is 0 Å². The molecule has 0 heterocycles. The predicted molar refractivity (Wildman–Crippen MR) is 76.0 cm³/mol. The van der Waals surface area contributed by atoms with E-state index >= 15 is 0 Å². The lowest BCUT2D eigenvalue weighted by Crippen LogP contribution is -2.31. The summed E-state index contributed by atoms with van der Waals surface area (Å²) in [5.41, 5.74) is 7.99. The molecular weight excluding hydrogens is 228 g/mol. The van der Waals surface area contributed by atoms with Crippen molar-refractivity contribution in [3.05, 3.63) is 35.4 Å². The number of nitrogens with zero attached hydrogens (tertiary/aromatic N) is 1. The molecule has 17 heavy (non-hydrogen) atoms. The summed E-state index contributed by atoms with van der Waals surface area (Å²) in [6.45, 7) is 3.23. The summed E-state index contributed by atoms with van der Waals surface area (Å²) >= 11 is 5.09. The van der Waals surface area contributed by atoms with E-state index in [2.05, 4.69) is 24.9 Å². The van der Waals surface area contributed by atoms with E-state index in [9.17, 15) is 0 Å². The van der Waals surface area contributed by atoms with E-state index < -0.39 is 0 Å². The molecule has 0 aromatic heterocycles. The van der Waals surface area contributed by atoms with Gasteiger partial charge in [-0.3, -0.25) is 4.90 Å². The summed E-state index contributed by atoms with van der Waals surface area (Å²) in [6.07, 6.45) is 2.75. The fraction of sp³-hybridized carbons (Fsp3) is 0.500. The molecule has 3 heteroatoms. The van der Waals surface area contributed by atoms with Crippen LogP contribution in [0, 0.1) is 5.92 Å². The molecule has 2 N–H and O–H groups in total. The smallest absolute Gasteiger partial charge is 0.104 e. The summed E-state index contributed by atoms with van der Waals surface area (Å²) in [5, 5.41) is 0. The zero-order chi connectivity index (χ0) is 12.4. The van der Waals surface area contributed by atoms with Gasteiger partial charge in [0, 0.05) is 18.2 Å². The summed E-state index contributed by atoms with van der Waals surface area (Å²) in [7, 11) is 2.18. The third kappa shape index (κ3) is 3.05. The highest BCUT2D eigenvalue weighted by Gasteiger charge is 2.30. The van der Waals surface area contributed by atoms with Crippen molar-refractivity contribution in [2.24, 2.45) is 11.7 Å². The number of benzene rings is 1. The van der Waals surface area contributed by atoms with Gasteiger partial charge in [0.05, 0.1) is 0 Å². The van der Waals surface area contributed by atoms with Gasteiger partial charge >= 0.3 is 0 Å². The van der Waals surface area contributed by atoms with Gasteiger partial charge in [0.2, 0.25) is 0 Å². The Morgan fingerprint density at radius 2 is 2.12 bits per heavy atom. The van der Waals surface area contributed by atoms with Crippen molar-refractivity contribution in [1.29, 1.82) is 0 Å². The minimum Gasteiger partial charge on any atom is -0.389 e. The number of rotatable bonds is 5. The van der Waals surface area contributed by atoms with Crippen LogP contribution in [0.3, 0.4) is 0 Å². The average Bonchev–Trinajstić information content (AvgIpc) is 3.12. The van der Waals surface area contributed by atoms with Crippen LogP contribution in [0.5, 0.6) is 0 Å².